The van der Waals surface area contributed by atoms with E-state index in [2.05, 4.69) is 26.2 Å². The topological polar surface area (TPSA) is 26.3 Å². The van der Waals surface area contributed by atoms with E-state index in [0.717, 1.165) is 15.4 Å². The van der Waals surface area contributed by atoms with Gasteiger partial charge in [-0.2, -0.15) is 0 Å². The molecule has 2 nitrogen and oxygen atoms in total. The molecule has 110 valence electrons. The zero-order valence-electron chi connectivity index (χ0n) is 12.6. The molecule has 0 saturated heterocycles. The summed E-state index contributed by atoms with van der Waals surface area (Å²) in [4.78, 5) is 1.56. The van der Waals surface area contributed by atoms with Gasteiger partial charge < -0.3 is 4.43 Å². The molecule has 1 unspecified atom stereocenters. The Balaban J connectivity index is 2.26. The van der Waals surface area contributed by atoms with Crippen molar-refractivity contribution in [1.82, 2.24) is 0 Å². The molecule has 0 aromatic heterocycles. The van der Waals surface area contributed by atoms with Crippen molar-refractivity contribution in [2.45, 2.75) is 29.4 Å². The molecule has 2 aromatic carbocycles. The summed E-state index contributed by atoms with van der Waals surface area (Å²) >= 11 is 0. The first-order valence-corrected chi connectivity index (χ1v) is 11.4. The third-order valence-electron chi connectivity index (χ3n) is 2.76. The van der Waals surface area contributed by atoms with Crippen LogP contribution in [-0.2, 0) is 15.2 Å². The lowest BCUT2D eigenvalue weighted by molar-refractivity contribution is 0.516. The molecule has 0 bridgehead atoms. The minimum absolute atomic E-state index is 0.654. The monoisotopic (exact) mass is 316 g/mol. The zero-order valence-corrected chi connectivity index (χ0v) is 14.4. The predicted octanol–water partition coefficient (Wildman–Crippen LogP) is 4.68. The van der Waals surface area contributed by atoms with Crippen molar-refractivity contribution in [3.63, 3.8) is 0 Å². The Bertz CT molecular complexity index is 660. The molecule has 21 heavy (non-hydrogen) atoms. The van der Waals surface area contributed by atoms with Crippen LogP contribution in [0.1, 0.15) is 5.56 Å². The average Bonchev–Trinajstić information content (AvgIpc) is 2.46. The second-order valence-electron chi connectivity index (χ2n) is 5.75. The first-order chi connectivity index (χ1) is 9.87. The Labute approximate surface area is 130 Å². The van der Waals surface area contributed by atoms with E-state index < -0.39 is 19.1 Å². The smallest absolute Gasteiger partial charge is 0.242 e. The molecule has 0 spiro atoms. The summed E-state index contributed by atoms with van der Waals surface area (Å²) in [6.07, 6.45) is 0. The highest BCUT2D eigenvalue weighted by Crippen LogP contribution is 2.23. The molecule has 0 aliphatic heterocycles. The number of benzene rings is 2. The van der Waals surface area contributed by atoms with Gasteiger partial charge in [0.2, 0.25) is 8.32 Å². The van der Waals surface area contributed by atoms with E-state index in [9.17, 15) is 4.21 Å². The average molecular weight is 316 g/mol. The SMILES string of the molecule is C=C(O[Si](C)(C)C)c1cccc(S(=O)c2ccccc2)c1. The van der Waals surface area contributed by atoms with E-state index in [1.54, 1.807) is 0 Å². The highest BCUT2D eigenvalue weighted by atomic mass is 32.2. The third-order valence-corrected chi connectivity index (χ3v) is 5.00. The Hall–Kier alpha value is -1.65. The molecule has 0 saturated carbocycles. The van der Waals surface area contributed by atoms with Crippen LogP contribution in [0.3, 0.4) is 0 Å². The van der Waals surface area contributed by atoms with E-state index in [4.69, 9.17) is 4.43 Å². The van der Waals surface area contributed by atoms with Crippen LogP contribution in [0, 0.1) is 0 Å². The zero-order chi connectivity index (χ0) is 15.5. The second kappa shape index (κ2) is 6.41. The second-order valence-corrected chi connectivity index (χ2v) is 11.7. The van der Waals surface area contributed by atoms with E-state index in [1.165, 1.54) is 0 Å². The Morgan fingerprint density at radius 2 is 1.62 bits per heavy atom. The van der Waals surface area contributed by atoms with Gasteiger partial charge in [-0.05, 0) is 43.9 Å². The van der Waals surface area contributed by atoms with E-state index in [-0.39, 0.29) is 0 Å². The number of hydrogen-bond donors (Lipinski definition) is 0. The molecule has 0 radical (unpaired) electrons. The van der Waals surface area contributed by atoms with Gasteiger partial charge in [-0.15, -0.1) is 0 Å². The van der Waals surface area contributed by atoms with Gasteiger partial charge in [-0.1, -0.05) is 36.9 Å². The maximum atomic E-state index is 12.6. The fourth-order valence-corrected chi connectivity index (χ4v) is 3.86. The summed E-state index contributed by atoms with van der Waals surface area (Å²) < 4.78 is 18.5. The van der Waals surface area contributed by atoms with Crippen LogP contribution in [0.5, 0.6) is 0 Å². The summed E-state index contributed by atoms with van der Waals surface area (Å²) in [7, 11) is -2.87. The largest absolute Gasteiger partial charge is 0.544 e. The van der Waals surface area contributed by atoms with Gasteiger partial charge in [-0.25, -0.2) is 4.21 Å². The van der Waals surface area contributed by atoms with Gasteiger partial charge >= 0.3 is 0 Å². The summed E-state index contributed by atoms with van der Waals surface area (Å²) in [5.41, 5.74) is 0.888. The minimum atomic E-state index is -1.69. The third kappa shape index (κ3) is 4.41. The summed E-state index contributed by atoms with van der Waals surface area (Å²) in [5.74, 6) is 0.654. The van der Waals surface area contributed by atoms with E-state index in [0.29, 0.717) is 5.76 Å². The normalized spacial score (nSPS) is 12.7. The molecule has 0 aliphatic rings. The summed E-state index contributed by atoms with van der Waals surface area (Å²) in [5, 5.41) is 0. The van der Waals surface area contributed by atoms with Crippen LogP contribution in [-0.4, -0.2) is 12.5 Å². The quantitative estimate of drug-likeness (QED) is 0.591. The van der Waals surface area contributed by atoms with Crippen LogP contribution in [0.25, 0.3) is 5.76 Å². The predicted molar refractivity (Wildman–Crippen MR) is 91.0 cm³/mol. The molecule has 1 atom stereocenters. The first kappa shape index (κ1) is 15.7. The van der Waals surface area contributed by atoms with Gasteiger partial charge in [0, 0.05) is 15.4 Å². The highest BCUT2D eigenvalue weighted by molar-refractivity contribution is 7.85. The summed E-state index contributed by atoms with van der Waals surface area (Å²) in [6, 6.07) is 17.0. The van der Waals surface area contributed by atoms with Crippen LogP contribution < -0.4 is 0 Å². The Kier molecular flexibility index (Phi) is 4.80. The number of hydrogen-bond acceptors (Lipinski definition) is 2. The molecule has 0 amide bonds. The van der Waals surface area contributed by atoms with Crippen LogP contribution in [0.2, 0.25) is 19.6 Å². The van der Waals surface area contributed by atoms with Gasteiger partial charge in [0.1, 0.15) is 5.76 Å². The first-order valence-electron chi connectivity index (χ1n) is 6.82. The molecule has 2 aromatic rings. The lowest BCUT2D eigenvalue weighted by Gasteiger charge is -2.21. The van der Waals surface area contributed by atoms with E-state index in [1.807, 2.05) is 54.6 Å². The van der Waals surface area contributed by atoms with Crippen LogP contribution >= 0.6 is 0 Å². The molecular weight excluding hydrogens is 296 g/mol. The maximum Gasteiger partial charge on any atom is 0.242 e. The lowest BCUT2D eigenvalue weighted by atomic mass is 10.2. The van der Waals surface area contributed by atoms with Gasteiger partial charge in [0.25, 0.3) is 0 Å². The van der Waals surface area contributed by atoms with Crippen molar-refractivity contribution >= 4 is 24.9 Å². The van der Waals surface area contributed by atoms with Crippen LogP contribution in [0.15, 0.2) is 71.0 Å². The molecule has 0 N–H and O–H groups in total. The molecule has 0 fully saturated rings. The lowest BCUT2D eigenvalue weighted by Crippen LogP contribution is -2.24. The van der Waals surface area contributed by atoms with Crippen molar-refractivity contribution in [1.29, 1.82) is 0 Å². The fourth-order valence-electron chi connectivity index (χ4n) is 1.89. The van der Waals surface area contributed by atoms with Gasteiger partial charge in [0.15, 0.2) is 0 Å². The number of rotatable bonds is 5. The van der Waals surface area contributed by atoms with Crippen molar-refractivity contribution in [2.24, 2.45) is 0 Å². The maximum absolute atomic E-state index is 12.6. The highest BCUT2D eigenvalue weighted by Gasteiger charge is 2.18. The Morgan fingerprint density at radius 1 is 1.00 bits per heavy atom. The van der Waals surface area contributed by atoms with Crippen molar-refractivity contribution in [2.75, 3.05) is 0 Å². The van der Waals surface area contributed by atoms with E-state index >= 15 is 0 Å². The standard InChI is InChI=1S/C17H20O2SSi/c1-14(19-21(2,3)4)15-9-8-12-17(13-15)20(18)16-10-6-5-7-11-16/h5-13H,1H2,2-4H3. The fraction of sp³-hybridized carbons (Fsp3) is 0.176. The molecule has 0 heterocycles. The van der Waals surface area contributed by atoms with Crippen molar-refractivity contribution in [3.05, 3.63) is 66.7 Å². The molecular formula is C17H20O2SSi. The minimum Gasteiger partial charge on any atom is -0.544 e. The molecule has 4 heteroatoms. The molecule has 2 rings (SSSR count). The van der Waals surface area contributed by atoms with Gasteiger partial charge in [0.05, 0.1) is 10.8 Å². The van der Waals surface area contributed by atoms with Crippen molar-refractivity contribution in [3.8, 4) is 0 Å². The summed E-state index contributed by atoms with van der Waals surface area (Å²) in [6.45, 7) is 10.3. The Morgan fingerprint density at radius 3 is 2.24 bits per heavy atom. The molecule has 0 aliphatic carbocycles. The van der Waals surface area contributed by atoms with Crippen molar-refractivity contribution < 1.29 is 8.63 Å². The van der Waals surface area contributed by atoms with Crippen LogP contribution in [0.4, 0.5) is 0 Å². The van der Waals surface area contributed by atoms with Gasteiger partial charge in [-0.3, -0.25) is 0 Å².